The van der Waals surface area contributed by atoms with Crippen molar-refractivity contribution in [2.24, 2.45) is 0 Å². The second-order valence-electron chi connectivity index (χ2n) is 6.90. The maximum atomic E-state index is 2.93. The zero-order valence-corrected chi connectivity index (χ0v) is 22.7. The summed E-state index contributed by atoms with van der Waals surface area (Å²) in [6, 6.07) is 0. The number of hydrogen-bond donors (Lipinski definition) is 0. The Morgan fingerprint density at radius 2 is 0.708 bits per heavy atom. The van der Waals surface area contributed by atoms with Crippen molar-refractivity contribution in [1.82, 2.24) is 1.97 Å². The second-order valence-corrected chi connectivity index (χ2v) is 11.6. The van der Waals surface area contributed by atoms with Gasteiger partial charge in [-0.25, -0.2) is 0 Å². The molecule has 0 atom stereocenters. The van der Waals surface area contributed by atoms with E-state index in [4.69, 9.17) is 0 Å². The number of halogens is 1. The van der Waals surface area contributed by atoms with Crippen molar-refractivity contribution in [2.45, 2.75) is 105 Å². The van der Waals surface area contributed by atoms with Crippen LogP contribution < -0.4 is 0 Å². The molecule has 2 nitrogen and oxygen atoms in total. The summed E-state index contributed by atoms with van der Waals surface area (Å²) in [5.74, 6) is 0. The van der Waals surface area contributed by atoms with Gasteiger partial charge in [0.15, 0.2) is 0 Å². The SMILES string of the molecule is CCCCC[N](CCCCC)[Nd][N](CCCCC)CCCCC.I. The number of hydrogen-bond acceptors (Lipinski definition) is 2. The Bertz CT molecular complexity index is 188. The molecular formula is C20H45IN2Nd. The first-order valence-corrected chi connectivity index (χ1v) is 13.4. The summed E-state index contributed by atoms with van der Waals surface area (Å²) in [5.41, 5.74) is 0. The summed E-state index contributed by atoms with van der Waals surface area (Å²) >= 11 is -0.772. The third-order valence-electron chi connectivity index (χ3n) is 4.41. The molecule has 0 aliphatic carbocycles. The van der Waals surface area contributed by atoms with E-state index in [1.807, 2.05) is 0 Å². The maximum Gasteiger partial charge on any atom is -0.107 e. The molecule has 0 radical (unpaired) electrons. The molecule has 0 saturated carbocycles. The number of rotatable bonds is 18. The van der Waals surface area contributed by atoms with Crippen LogP contribution in [-0.4, -0.2) is 28.1 Å². The van der Waals surface area contributed by atoms with E-state index >= 15 is 0 Å². The predicted molar refractivity (Wildman–Crippen MR) is 117 cm³/mol. The molecule has 0 aromatic carbocycles. The van der Waals surface area contributed by atoms with Crippen LogP contribution in [0, 0.1) is 37.5 Å². The summed E-state index contributed by atoms with van der Waals surface area (Å²) in [6.07, 6.45) is 16.8. The van der Waals surface area contributed by atoms with Gasteiger partial charge in [0.25, 0.3) is 0 Å². The van der Waals surface area contributed by atoms with Crippen LogP contribution in [0.3, 0.4) is 0 Å². The van der Waals surface area contributed by atoms with Gasteiger partial charge in [-0.2, -0.15) is 0 Å². The first kappa shape index (κ1) is 28.2. The molecule has 0 unspecified atom stereocenters. The summed E-state index contributed by atoms with van der Waals surface area (Å²) in [7, 11) is 0. The van der Waals surface area contributed by atoms with E-state index in [0.29, 0.717) is 0 Å². The Morgan fingerprint density at radius 1 is 0.458 bits per heavy atom. The van der Waals surface area contributed by atoms with Crippen molar-refractivity contribution in [3.05, 3.63) is 0 Å². The Hall–Kier alpha value is 2.00. The summed E-state index contributed by atoms with van der Waals surface area (Å²) in [5, 5.41) is 0. The smallest absolute Gasteiger partial charge is 0.107 e. The molecule has 0 saturated heterocycles. The molecule has 0 aromatic rings. The molecule has 0 amide bonds. The summed E-state index contributed by atoms with van der Waals surface area (Å²) < 4.78 is 5.87. The van der Waals surface area contributed by atoms with Crippen LogP contribution in [0.5, 0.6) is 0 Å². The van der Waals surface area contributed by atoms with Gasteiger partial charge in [0.05, 0.1) is 0 Å². The van der Waals surface area contributed by atoms with Crippen LogP contribution in [0.15, 0.2) is 0 Å². The zero-order valence-electron chi connectivity index (χ0n) is 17.1. The van der Waals surface area contributed by atoms with Gasteiger partial charge in [-0.1, -0.05) is 0 Å². The standard InChI is InChI=1S/2C10H22N.HI.Nd/c2*1-3-5-7-9-11-10-8-6-4-2;;/h2*3-10H2,1-2H3;1H;/q2*-1;;+2. The van der Waals surface area contributed by atoms with Crippen molar-refractivity contribution in [3.63, 3.8) is 0 Å². The van der Waals surface area contributed by atoms with E-state index in [-0.39, 0.29) is 24.0 Å². The molecule has 0 heterocycles. The van der Waals surface area contributed by atoms with Crippen LogP contribution >= 0.6 is 24.0 Å². The first-order chi connectivity index (χ1) is 11.3. The van der Waals surface area contributed by atoms with Gasteiger partial charge < -0.3 is 0 Å². The Kier molecular flexibility index (Phi) is 27.1. The normalized spacial score (nSPS) is 11.1. The van der Waals surface area contributed by atoms with Gasteiger partial charge in [0, 0.05) is 0 Å². The van der Waals surface area contributed by atoms with E-state index in [1.165, 1.54) is 103 Å². The van der Waals surface area contributed by atoms with Crippen molar-refractivity contribution >= 4 is 24.0 Å². The third-order valence-corrected chi connectivity index (χ3v) is 9.09. The summed E-state index contributed by atoms with van der Waals surface area (Å²) in [6.45, 7) is 14.8. The third kappa shape index (κ3) is 18.8. The minimum atomic E-state index is -0.772. The zero-order chi connectivity index (χ0) is 17.2. The molecule has 0 aliphatic rings. The molecule has 0 N–H and O–H groups in total. The Labute approximate surface area is 192 Å². The van der Waals surface area contributed by atoms with Crippen molar-refractivity contribution in [3.8, 4) is 0 Å². The van der Waals surface area contributed by atoms with Gasteiger partial charge in [0.1, 0.15) is 0 Å². The quantitative estimate of drug-likeness (QED) is 0.128. The fourth-order valence-electron chi connectivity index (χ4n) is 2.83. The van der Waals surface area contributed by atoms with Crippen molar-refractivity contribution in [2.75, 3.05) is 26.2 Å². The van der Waals surface area contributed by atoms with E-state index < -0.39 is 37.5 Å². The minimum absolute atomic E-state index is 0. The average molecular weight is 585 g/mol. The molecule has 146 valence electrons. The van der Waals surface area contributed by atoms with Gasteiger partial charge in [-0.15, -0.1) is 24.0 Å². The van der Waals surface area contributed by atoms with Gasteiger partial charge in [-0.05, 0) is 0 Å². The number of nitrogens with zero attached hydrogens (tertiary/aromatic N) is 2. The van der Waals surface area contributed by atoms with Crippen LogP contribution in [0.4, 0.5) is 0 Å². The monoisotopic (exact) mass is 582 g/mol. The molecule has 0 spiro atoms. The van der Waals surface area contributed by atoms with E-state index in [2.05, 4.69) is 29.7 Å². The van der Waals surface area contributed by atoms with E-state index in [0.717, 1.165) is 0 Å². The molecule has 0 rings (SSSR count). The fourth-order valence-corrected chi connectivity index (χ4v) is 7.43. The summed E-state index contributed by atoms with van der Waals surface area (Å²) in [4.78, 5) is 0. The van der Waals surface area contributed by atoms with Crippen molar-refractivity contribution in [1.29, 1.82) is 0 Å². The second kappa shape index (κ2) is 23.0. The first-order valence-electron chi connectivity index (χ1n) is 10.5. The van der Waals surface area contributed by atoms with Gasteiger partial charge in [0.2, 0.25) is 0 Å². The molecular weight excluding hydrogens is 539 g/mol. The Balaban J connectivity index is 0. The topological polar surface area (TPSA) is 6.48 Å². The molecule has 0 fully saturated rings. The maximum absolute atomic E-state index is 2.93. The minimum Gasteiger partial charge on any atom is -0.107 e. The fraction of sp³-hybridized carbons (Fsp3) is 1.00. The van der Waals surface area contributed by atoms with Gasteiger partial charge in [-0.3, -0.25) is 0 Å². The van der Waals surface area contributed by atoms with Gasteiger partial charge >= 0.3 is 170 Å². The Morgan fingerprint density at radius 3 is 0.917 bits per heavy atom. The number of unbranched alkanes of at least 4 members (excludes halogenated alkanes) is 8. The molecule has 0 aliphatic heterocycles. The van der Waals surface area contributed by atoms with Crippen LogP contribution in [0.1, 0.15) is 105 Å². The molecule has 4 heteroatoms. The van der Waals surface area contributed by atoms with Crippen molar-refractivity contribution < 1.29 is 37.5 Å². The average Bonchev–Trinajstić information content (AvgIpc) is 2.55. The largest absolute Gasteiger partial charge is 0.107 e. The van der Waals surface area contributed by atoms with Crippen LogP contribution in [0.2, 0.25) is 0 Å². The van der Waals surface area contributed by atoms with Crippen LogP contribution in [-0.2, 0) is 0 Å². The predicted octanol–water partition coefficient (Wildman–Crippen LogP) is 6.88. The molecule has 24 heavy (non-hydrogen) atoms. The van der Waals surface area contributed by atoms with Crippen LogP contribution in [0.25, 0.3) is 0 Å². The molecule has 0 aromatic heterocycles. The van der Waals surface area contributed by atoms with E-state index in [9.17, 15) is 0 Å². The molecule has 0 bridgehead atoms. The van der Waals surface area contributed by atoms with E-state index in [1.54, 1.807) is 0 Å².